The molecule has 1 aromatic rings. The number of pyridine rings is 1. The van der Waals surface area contributed by atoms with Gasteiger partial charge in [-0.25, -0.2) is 0 Å². The number of aryl methyl sites for hydroxylation is 2. The molecule has 0 atom stereocenters. The number of nitrogens with zero attached hydrogens (tertiary/aromatic N) is 1. The molecule has 0 aromatic carbocycles. The zero-order chi connectivity index (χ0) is 8.81. The van der Waals surface area contributed by atoms with Crippen molar-refractivity contribution in [2.24, 2.45) is 0 Å². The standard InChI is InChI=1S/C11H16N/c1-3-5-10-7-11(6-4-2)9-12-8-10/h8-9H,3-6H2,1-2H3. The Labute approximate surface area is 74.8 Å². The minimum absolute atomic E-state index is 1.10. The second-order valence-electron chi connectivity index (χ2n) is 3.08. The molecule has 0 saturated carbocycles. The molecule has 1 nitrogen and oxygen atoms in total. The first-order chi connectivity index (χ1) is 5.86. The van der Waals surface area contributed by atoms with Crippen LogP contribution >= 0.6 is 0 Å². The van der Waals surface area contributed by atoms with Gasteiger partial charge in [0.1, 0.15) is 0 Å². The first kappa shape index (κ1) is 9.24. The average Bonchev–Trinajstić information content (AvgIpc) is 2.06. The van der Waals surface area contributed by atoms with Crippen molar-refractivity contribution in [3.8, 4) is 0 Å². The van der Waals surface area contributed by atoms with Gasteiger partial charge in [-0.2, -0.15) is 0 Å². The molecule has 0 aliphatic rings. The lowest BCUT2D eigenvalue weighted by Gasteiger charge is -2.00. The highest BCUT2D eigenvalue weighted by Gasteiger charge is 1.95. The SMILES string of the molecule is CCCc1[c]c(CCC)cnc1. The second-order valence-corrected chi connectivity index (χ2v) is 3.08. The van der Waals surface area contributed by atoms with Gasteiger partial charge in [0.25, 0.3) is 0 Å². The Kier molecular flexibility index (Phi) is 3.78. The maximum absolute atomic E-state index is 4.19. The summed E-state index contributed by atoms with van der Waals surface area (Å²) in [6.45, 7) is 4.36. The van der Waals surface area contributed by atoms with Crippen LogP contribution in [-0.4, -0.2) is 4.98 Å². The highest BCUT2D eigenvalue weighted by Crippen LogP contribution is 2.05. The first-order valence-corrected chi connectivity index (χ1v) is 4.72. The molecule has 1 heteroatoms. The van der Waals surface area contributed by atoms with Crippen LogP contribution in [0.2, 0.25) is 0 Å². The normalized spacial score (nSPS) is 10.2. The number of hydrogen-bond acceptors (Lipinski definition) is 1. The maximum atomic E-state index is 4.19. The molecule has 0 aliphatic carbocycles. The van der Waals surface area contributed by atoms with Gasteiger partial charge in [0.05, 0.1) is 0 Å². The van der Waals surface area contributed by atoms with Crippen molar-refractivity contribution in [3.63, 3.8) is 0 Å². The molecule has 12 heavy (non-hydrogen) atoms. The van der Waals surface area contributed by atoms with Crippen molar-refractivity contribution in [1.82, 2.24) is 4.98 Å². The van der Waals surface area contributed by atoms with E-state index in [0.717, 1.165) is 12.8 Å². The van der Waals surface area contributed by atoms with Crippen LogP contribution in [-0.2, 0) is 12.8 Å². The van der Waals surface area contributed by atoms with E-state index in [1.54, 1.807) is 0 Å². The molecule has 0 aliphatic heterocycles. The Balaban J connectivity index is 2.67. The summed E-state index contributed by atoms with van der Waals surface area (Å²) in [5, 5.41) is 0. The fraction of sp³-hybridized carbons (Fsp3) is 0.545. The number of hydrogen-bond donors (Lipinski definition) is 0. The molecule has 0 bridgehead atoms. The molecule has 0 saturated heterocycles. The first-order valence-electron chi connectivity index (χ1n) is 4.72. The molecule has 1 rings (SSSR count). The third-order valence-corrected chi connectivity index (χ3v) is 1.82. The van der Waals surface area contributed by atoms with Crippen LogP contribution in [0.5, 0.6) is 0 Å². The quantitative estimate of drug-likeness (QED) is 0.663. The molecular formula is C11H16N. The summed E-state index contributed by atoms with van der Waals surface area (Å²) in [4.78, 5) is 4.19. The predicted molar refractivity (Wildman–Crippen MR) is 51.1 cm³/mol. The highest BCUT2D eigenvalue weighted by atomic mass is 14.6. The van der Waals surface area contributed by atoms with Crippen molar-refractivity contribution in [3.05, 3.63) is 29.6 Å². The van der Waals surface area contributed by atoms with Gasteiger partial charge in [-0.05, 0) is 30.0 Å². The Morgan fingerprint density at radius 3 is 2.00 bits per heavy atom. The smallest absolute Gasteiger partial charge is 0.0306 e. The third-order valence-electron chi connectivity index (χ3n) is 1.82. The van der Waals surface area contributed by atoms with Crippen LogP contribution < -0.4 is 0 Å². The lowest BCUT2D eigenvalue weighted by molar-refractivity contribution is 0.879. The van der Waals surface area contributed by atoms with Crippen LogP contribution in [0.4, 0.5) is 0 Å². The van der Waals surface area contributed by atoms with E-state index in [9.17, 15) is 0 Å². The van der Waals surface area contributed by atoms with E-state index < -0.39 is 0 Å². The van der Waals surface area contributed by atoms with E-state index in [4.69, 9.17) is 0 Å². The molecule has 1 aromatic heterocycles. The topological polar surface area (TPSA) is 12.9 Å². The van der Waals surface area contributed by atoms with Crippen LogP contribution in [0, 0.1) is 6.07 Å². The number of rotatable bonds is 4. The molecule has 0 N–H and O–H groups in total. The van der Waals surface area contributed by atoms with Crippen molar-refractivity contribution in [2.45, 2.75) is 39.5 Å². The predicted octanol–water partition coefficient (Wildman–Crippen LogP) is 2.79. The fourth-order valence-corrected chi connectivity index (χ4v) is 1.28. The fourth-order valence-electron chi connectivity index (χ4n) is 1.28. The van der Waals surface area contributed by atoms with Crippen molar-refractivity contribution in [1.29, 1.82) is 0 Å². The summed E-state index contributed by atoms with van der Waals surface area (Å²) >= 11 is 0. The third kappa shape index (κ3) is 2.65. The lowest BCUT2D eigenvalue weighted by atomic mass is 10.1. The highest BCUT2D eigenvalue weighted by molar-refractivity contribution is 5.16. The minimum Gasteiger partial charge on any atom is -0.264 e. The molecule has 1 heterocycles. The Morgan fingerprint density at radius 1 is 1.08 bits per heavy atom. The van der Waals surface area contributed by atoms with E-state index in [-0.39, 0.29) is 0 Å². The van der Waals surface area contributed by atoms with E-state index >= 15 is 0 Å². The van der Waals surface area contributed by atoms with Gasteiger partial charge in [0.2, 0.25) is 0 Å². The second kappa shape index (κ2) is 4.91. The Morgan fingerprint density at radius 2 is 1.58 bits per heavy atom. The van der Waals surface area contributed by atoms with Crippen LogP contribution in [0.25, 0.3) is 0 Å². The summed E-state index contributed by atoms with van der Waals surface area (Å²) in [5.74, 6) is 0. The summed E-state index contributed by atoms with van der Waals surface area (Å²) in [6, 6.07) is 3.38. The van der Waals surface area contributed by atoms with Gasteiger partial charge in [-0.15, -0.1) is 0 Å². The van der Waals surface area contributed by atoms with Crippen LogP contribution in [0.1, 0.15) is 37.8 Å². The molecule has 0 spiro atoms. The minimum atomic E-state index is 1.10. The lowest BCUT2D eigenvalue weighted by Crippen LogP contribution is -1.90. The summed E-state index contributed by atoms with van der Waals surface area (Å²) in [7, 11) is 0. The largest absolute Gasteiger partial charge is 0.264 e. The zero-order valence-electron chi connectivity index (χ0n) is 7.93. The van der Waals surface area contributed by atoms with Crippen molar-refractivity contribution >= 4 is 0 Å². The molecule has 0 amide bonds. The Hall–Kier alpha value is -0.850. The van der Waals surface area contributed by atoms with Gasteiger partial charge in [0.15, 0.2) is 0 Å². The van der Waals surface area contributed by atoms with E-state index in [1.807, 2.05) is 12.4 Å². The molecule has 1 radical (unpaired) electrons. The van der Waals surface area contributed by atoms with Crippen LogP contribution in [0.3, 0.4) is 0 Å². The molecular weight excluding hydrogens is 146 g/mol. The van der Waals surface area contributed by atoms with Gasteiger partial charge >= 0.3 is 0 Å². The van der Waals surface area contributed by atoms with Crippen LogP contribution in [0.15, 0.2) is 12.4 Å². The summed E-state index contributed by atoms with van der Waals surface area (Å²) in [5.41, 5.74) is 2.51. The van der Waals surface area contributed by atoms with Crippen molar-refractivity contribution < 1.29 is 0 Å². The van der Waals surface area contributed by atoms with Gasteiger partial charge in [-0.1, -0.05) is 26.7 Å². The van der Waals surface area contributed by atoms with Crippen molar-refractivity contribution in [2.75, 3.05) is 0 Å². The van der Waals surface area contributed by atoms with E-state index in [2.05, 4.69) is 24.9 Å². The average molecular weight is 162 g/mol. The van der Waals surface area contributed by atoms with Gasteiger partial charge in [-0.3, -0.25) is 4.98 Å². The zero-order valence-corrected chi connectivity index (χ0v) is 7.93. The Bertz CT molecular complexity index is 209. The summed E-state index contributed by atoms with van der Waals surface area (Å²) in [6.07, 6.45) is 8.39. The maximum Gasteiger partial charge on any atom is 0.0306 e. The van der Waals surface area contributed by atoms with Gasteiger partial charge in [0, 0.05) is 12.4 Å². The van der Waals surface area contributed by atoms with E-state index in [0.29, 0.717) is 0 Å². The number of aromatic nitrogens is 1. The van der Waals surface area contributed by atoms with Gasteiger partial charge < -0.3 is 0 Å². The molecule has 65 valence electrons. The molecule has 0 unspecified atom stereocenters. The van der Waals surface area contributed by atoms with E-state index in [1.165, 1.54) is 24.0 Å². The summed E-state index contributed by atoms with van der Waals surface area (Å²) < 4.78 is 0. The molecule has 0 fully saturated rings. The monoisotopic (exact) mass is 162 g/mol.